The first kappa shape index (κ1) is 19.8. The molecular weight excluding hydrogens is 368 g/mol. The molecule has 0 spiro atoms. The van der Waals surface area contributed by atoms with Gasteiger partial charge in [-0.2, -0.15) is 5.10 Å². The van der Waals surface area contributed by atoms with Gasteiger partial charge < -0.3 is 9.84 Å². The van der Waals surface area contributed by atoms with Crippen molar-refractivity contribution in [3.63, 3.8) is 0 Å². The van der Waals surface area contributed by atoms with E-state index >= 15 is 0 Å². The minimum Gasteiger partial charge on any atom is -0.494 e. The van der Waals surface area contributed by atoms with Crippen LogP contribution in [0.3, 0.4) is 0 Å². The minimum absolute atomic E-state index is 0.158. The molecule has 0 aliphatic rings. The molecule has 7 heteroatoms. The molecule has 2 aromatic heterocycles. The molecule has 0 unspecified atom stereocenters. The van der Waals surface area contributed by atoms with E-state index in [1.54, 1.807) is 18.3 Å². The van der Waals surface area contributed by atoms with Crippen LogP contribution in [0.5, 0.6) is 0 Å². The van der Waals surface area contributed by atoms with Crippen molar-refractivity contribution in [2.24, 2.45) is 4.99 Å². The topological polar surface area (TPSA) is 100 Å². The van der Waals surface area contributed by atoms with Gasteiger partial charge in [-0.05, 0) is 55.6 Å². The molecule has 0 saturated heterocycles. The summed E-state index contributed by atoms with van der Waals surface area (Å²) in [6.45, 7) is 5.82. The van der Waals surface area contributed by atoms with Crippen LogP contribution >= 0.6 is 0 Å². The Morgan fingerprint density at radius 2 is 2.14 bits per heavy atom. The molecule has 7 nitrogen and oxygen atoms in total. The summed E-state index contributed by atoms with van der Waals surface area (Å²) in [6.07, 6.45) is 6.63. The lowest BCUT2D eigenvalue weighted by Gasteiger charge is -2.08. The lowest BCUT2D eigenvalue weighted by Crippen LogP contribution is -1.97. The van der Waals surface area contributed by atoms with Gasteiger partial charge >= 0.3 is 5.97 Å². The van der Waals surface area contributed by atoms with E-state index in [9.17, 15) is 4.79 Å². The first-order valence-corrected chi connectivity index (χ1v) is 8.83. The van der Waals surface area contributed by atoms with E-state index in [1.807, 2.05) is 43.3 Å². The second kappa shape index (κ2) is 9.27. The predicted molar refractivity (Wildman–Crippen MR) is 111 cm³/mol. The van der Waals surface area contributed by atoms with Crippen molar-refractivity contribution in [3.05, 3.63) is 89.6 Å². The van der Waals surface area contributed by atoms with Crippen LogP contribution in [-0.2, 0) is 11.3 Å². The lowest BCUT2D eigenvalue weighted by atomic mass is 10.1. The number of nitrogens with zero attached hydrogens (tertiary/aromatic N) is 3. The maximum absolute atomic E-state index is 11.0. The first-order valence-electron chi connectivity index (χ1n) is 8.83. The summed E-state index contributed by atoms with van der Waals surface area (Å²) in [5, 5.41) is 15.7. The fourth-order valence-corrected chi connectivity index (χ4v) is 2.58. The van der Waals surface area contributed by atoms with E-state index < -0.39 is 5.97 Å². The molecule has 3 aromatic rings. The summed E-state index contributed by atoms with van der Waals surface area (Å²) in [5.74, 6) is -0.273. The van der Waals surface area contributed by atoms with Crippen molar-refractivity contribution < 1.29 is 14.6 Å². The van der Waals surface area contributed by atoms with Crippen LogP contribution in [0.15, 0.2) is 77.8 Å². The second-order valence-corrected chi connectivity index (χ2v) is 6.18. The SMILES string of the molecule is C=N/C(=C\C=C(/C)OCc1cccc(-c2ccc(C(=O)O)cn2)c1)c1ccn[nH]1. The Labute approximate surface area is 168 Å². The number of benzene rings is 1. The molecule has 0 aliphatic heterocycles. The summed E-state index contributed by atoms with van der Waals surface area (Å²) in [6, 6.07) is 12.8. The van der Waals surface area contributed by atoms with Crippen molar-refractivity contribution in [2.75, 3.05) is 0 Å². The zero-order valence-electron chi connectivity index (χ0n) is 15.9. The molecular formula is C22H20N4O3. The number of pyridine rings is 1. The van der Waals surface area contributed by atoms with E-state index in [-0.39, 0.29) is 5.56 Å². The number of H-pyrrole nitrogens is 1. The fraction of sp³-hybridized carbons (Fsp3) is 0.0909. The second-order valence-electron chi connectivity index (χ2n) is 6.18. The average molecular weight is 388 g/mol. The number of nitrogens with one attached hydrogen (secondary N) is 1. The van der Waals surface area contributed by atoms with E-state index in [2.05, 4.69) is 26.9 Å². The largest absolute Gasteiger partial charge is 0.494 e. The summed E-state index contributed by atoms with van der Waals surface area (Å²) < 4.78 is 5.81. The quantitative estimate of drug-likeness (QED) is 0.340. The third kappa shape index (κ3) is 5.26. The number of carboxylic acid groups (broad SMARTS) is 1. The fourth-order valence-electron chi connectivity index (χ4n) is 2.58. The monoisotopic (exact) mass is 388 g/mol. The Balaban J connectivity index is 1.67. The summed E-state index contributed by atoms with van der Waals surface area (Å²) in [7, 11) is 0. The molecule has 0 saturated carbocycles. The van der Waals surface area contributed by atoms with Crippen LogP contribution in [0.25, 0.3) is 17.0 Å². The highest BCUT2D eigenvalue weighted by atomic mass is 16.5. The van der Waals surface area contributed by atoms with Crippen LogP contribution in [0.1, 0.15) is 28.5 Å². The molecule has 0 radical (unpaired) electrons. The molecule has 29 heavy (non-hydrogen) atoms. The van der Waals surface area contributed by atoms with Gasteiger partial charge in [0.15, 0.2) is 0 Å². The molecule has 3 rings (SSSR count). The summed E-state index contributed by atoms with van der Waals surface area (Å²) in [5.41, 5.74) is 4.17. The van der Waals surface area contributed by atoms with Crippen molar-refractivity contribution in [1.82, 2.24) is 15.2 Å². The van der Waals surface area contributed by atoms with Gasteiger partial charge in [0.1, 0.15) is 6.61 Å². The van der Waals surface area contributed by atoms with Crippen LogP contribution in [-0.4, -0.2) is 33.0 Å². The standard InChI is InChI=1S/C22H20N4O3/c1-15(6-8-20(23-2)21-10-11-25-26-21)29-14-16-4-3-5-17(12-16)19-9-7-18(13-24-19)22(27)28/h3-13H,2,14H2,1H3,(H,25,26)(H,27,28)/b15-6+,20-8-. The van der Waals surface area contributed by atoms with Gasteiger partial charge in [-0.15, -0.1) is 0 Å². The zero-order chi connectivity index (χ0) is 20.6. The Hall–Kier alpha value is -4.00. The van der Waals surface area contributed by atoms with Crippen LogP contribution in [0.2, 0.25) is 0 Å². The molecule has 146 valence electrons. The van der Waals surface area contributed by atoms with E-state index in [0.29, 0.717) is 18.0 Å². The number of aromatic carboxylic acids is 1. The van der Waals surface area contributed by atoms with Gasteiger partial charge in [0, 0.05) is 18.0 Å². The minimum atomic E-state index is -0.996. The predicted octanol–water partition coefficient (Wildman–Crippen LogP) is 4.33. The Kier molecular flexibility index (Phi) is 6.32. The van der Waals surface area contributed by atoms with Gasteiger partial charge in [0.05, 0.1) is 28.4 Å². The molecule has 0 bridgehead atoms. The number of hydrogen-bond donors (Lipinski definition) is 2. The third-order valence-electron chi connectivity index (χ3n) is 4.12. The molecule has 0 aliphatic carbocycles. The number of aliphatic imine (C=N–C) groups is 1. The van der Waals surface area contributed by atoms with Gasteiger partial charge in [0.25, 0.3) is 0 Å². The zero-order valence-corrected chi connectivity index (χ0v) is 15.9. The molecule has 0 amide bonds. The third-order valence-corrected chi connectivity index (χ3v) is 4.12. The number of ether oxygens (including phenoxy) is 1. The first-order chi connectivity index (χ1) is 14.1. The number of allylic oxidation sites excluding steroid dienone is 3. The normalized spacial score (nSPS) is 11.9. The highest BCUT2D eigenvalue weighted by Gasteiger charge is 2.06. The highest BCUT2D eigenvalue weighted by molar-refractivity contribution is 5.87. The highest BCUT2D eigenvalue weighted by Crippen LogP contribution is 2.20. The summed E-state index contributed by atoms with van der Waals surface area (Å²) >= 11 is 0. The van der Waals surface area contributed by atoms with Gasteiger partial charge in [-0.25, -0.2) is 4.79 Å². The smallest absolute Gasteiger partial charge is 0.337 e. The Bertz CT molecular complexity index is 1050. The maximum Gasteiger partial charge on any atom is 0.337 e. The van der Waals surface area contributed by atoms with E-state index in [1.165, 1.54) is 12.3 Å². The maximum atomic E-state index is 11.0. The molecule has 0 atom stereocenters. The van der Waals surface area contributed by atoms with Crippen molar-refractivity contribution in [1.29, 1.82) is 0 Å². The Morgan fingerprint density at radius 3 is 2.79 bits per heavy atom. The van der Waals surface area contributed by atoms with Crippen LogP contribution in [0.4, 0.5) is 0 Å². The van der Waals surface area contributed by atoms with E-state index in [4.69, 9.17) is 9.84 Å². The van der Waals surface area contributed by atoms with Crippen LogP contribution in [0, 0.1) is 0 Å². The van der Waals surface area contributed by atoms with Crippen molar-refractivity contribution >= 4 is 18.4 Å². The van der Waals surface area contributed by atoms with Crippen LogP contribution < -0.4 is 0 Å². The number of carboxylic acids is 1. The van der Waals surface area contributed by atoms with Gasteiger partial charge in [-0.3, -0.25) is 15.1 Å². The van der Waals surface area contributed by atoms with Gasteiger partial charge in [-0.1, -0.05) is 18.2 Å². The summed E-state index contributed by atoms with van der Waals surface area (Å²) in [4.78, 5) is 19.2. The number of hydrogen-bond acceptors (Lipinski definition) is 5. The number of aromatic nitrogens is 3. The molecule has 2 heterocycles. The number of aromatic amines is 1. The lowest BCUT2D eigenvalue weighted by molar-refractivity contribution is 0.0696. The van der Waals surface area contributed by atoms with Crippen molar-refractivity contribution in [3.8, 4) is 11.3 Å². The number of carbonyl (C=O) groups is 1. The molecule has 1 aromatic carbocycles. The van der Waals surface area contributed by atoms with E-state index in [0.717, 1.165) is 22.6 Å². The number of rotatable bonds is 8. The molecule has 0 fully saturated rings. The average Bonchev–Trinajstić information content (AvgIpc) is 3.28. The van der Waals surface area contributed by atoms with Gasteiger partial charge in [0.2, 0.25) is 0 Å². The Morgan fingerprint density at radius 1 is 1.28 bits per heavy atom. The molecule has 2 N–H and O–H groups in total. The van der Waals surface area contributed by atoms with Crippen molar-refractivity contribution in [2.45, 2.75) is 13.5 Å².